The molecule has 0 spiro atoms. The number of aromatic nitrogens is 3. The van der Waals surface area contributed by atoms with E-state index in [0.29, 0.717) is 38.0 Å². The SMILES string of the molecule is CSc1nccn1-c1cccc(C(=O)N2CCC(C(=O)NCc3cccnc3)CC2)c1. The first-order valence-corrected chi connectivity index (χ1v) is 11.5. The van der Waals surface area contributed by atoms with Crippen molar-refractivity contribution in [2.75, 3.05) is 19.3 Å². The summed E-state index contributed by atoms with van der Waals surface area (Å²) in [5.41, 5.74) is 2.54. The number of carbonyl (C=O) groups excluding carboxylic acids is 2. The highest BCUT2D eigenvalue weighted by Crippen LogP contribution is 2.22. The quantitative estimate of drug-likeness (QED) is 0.602. The predicted molar refractivity (Wildman–Crippen MR) is 120 cm³/mol. The monoisotopic (exact) mass is 435 g/mol. The molecule has 8 heteroatoms. The highest BCUT2D eigenvalue weighted by Gasteiger charge is 2.27. The minimum atomic E-state index is -0.0675. The number of likely N-dealkylation sites (tertiary alicyclic amines) is 1. The minimum Gasteiger partial charge on any atom is -0.352 e. The zero-order valence-corrected chi connectivity index (χ0v) is 18.2. The van der Waals surface area contributed by atoms with Crippen LogP contribution in [0.1, 0.15) is 28.8 Å². The number of thioether (sulfide) groups is 1. The molecule has 1 saturated heterocycles. The minimum absolute atomic E-state index is 0.00175. The van der Waals surface area contributed by atoms with Crippen molar-refractivity contribution in [1.82, 2.24) is 24.8 Å². The Morgan fingerprint density at radius 2 is 2.00 bits per heavy atom. The fraction of sp³-hybridized carbons (Fsp3) is 0.304. The van der Waals surface area contributed by atoms with E-state index in [1.165, 1.54) is 0 Å². The number of hydrogen-bond donors (Lipinski definition) is 1. The van der Waals surface area contributed by atoms with Gasteiger partial charge in [0.05, 0.1) is 0 Å². The van der Waals surface area contributed by atoms with E-state index in [1.54, 1.807) is 30.4 Å². The zero-order valence-electron chi connectivity index (χ0n) is 17.4. The predicted octanol–water partition coefficient (Wildman–Crippen LogP) is 3.16. The average Bonchev–Trinajstić information content (AvgIpc) is 3.32. The van der Waals surface area contributed by atoms with Crippen molar-refractivity contribution in [3.05, 3.63) is 72.3 Å². The molecule has 1 aliphatic heterocycles. The van der Waals surface area contributed by atoms with Crippen LogP contribution in [0, 0.1) is 5.92 Å². The summed E-state index contributed by atoms with van der Waals surface area (Å²) < 4.78 is 1.97. The summed E-state index contributed by atoms with van der Waals surface area (Å²) in [4.78, 5) is 35.8. The van der Waals surface area contributed by atoms with E-state index in [0.717, 1.165) is 16.4 Å². The number of hydrogen-bond acceptors (Lipinski definition) is 5. The van der Waals surface area contributed by atoms with Gasteiger partial charge in [-0.25, -0.2) is 4.98 Å². The van der Waals surface area contributed by atoms with E-state index in [4.69, 9.17) is 0 Å². The van der Waals surface area contributed by atoms with Crippen LogP contribution in [0.5, 0.6) is 0 Å². The normalized spacial score (nSPS) is 14.4. The first-order valence-electron chi connectivity index (χ1n) is 10.3. The number of nitrogens with zero attached hydrogens (tertiary/aromatic N) is 4. The van der Waals surface area contributed by atoms with Gasteiger partial charge in [-0.1, -0.05) is 23.9 Å². The summed E-state index contributed by atoms with van der Waals surface area (Å²) in [7, 11) is 0. The van der Waals surface area contributed by atoms with E-state index in [2.05, 4.69) is 15.3 Å². The second-order valence-electron chi connectivity index (χ2n) is 7.48. The maximum absolute atomic E-state index is 13.1. The lowest BCUT2D eigenvalue weighted by molar-refractivity contribution is -0.126. The molecule has 2 aromatic heterocycles. The zero-order chi connectivity index (χ0) is 21.6. The molecule has 2 amide bonds. The molecular weight excluding hydrogens is 410 g/mol. The first-order chi connectivity index (χ1) is 15.2. The molecule has 0 atom stereocenters. The van der Waals surface area contributed by atoms with Gasteiger partial charge in [-0.05, 0) is 48.9 Å². The van der Waals surface area contributed by atoms with Crippen LogP contribution in [-0.4, -0.2) is 50.6 Å². The van der Waals surface area contributed by atoms with Crippen molar-refractivity contribution in [2.45, 2.75) is 24.5 Å². The van der Waals surface area contributed by atoms with Crippen LogP contribution >= 0.6 is 11.8 Å². The van der Waals surface area contributed by atoms with Crippen molar-refractivity contribution in [2.24, 2.45) is 5.92 Å². The van der Waals surface area contributed by atoms with E-state index in [9.17, 15) is 9.59 Å². The second-order valence-corrected chi connectivity index (χ2v) is 8.25. The van der Waals surface area contributed by atoms with Gasteiger partial charge in [0.25, 0.3) is 5.91 Å². The molecule has 4 rings (SSSR count). The first kappa shape index (κ1) is 21.1. The Morgan fingerprint density at radius 1 is 1.16 bits per heavy atom. The van der Waals surface area contributed by atoms with Crippen LogP contribution in [0.25, 0.3) is 5.69 Å². The van der Waals surface area contributed by atoms with Gasteiger partial charge in [-0.3, -0.25) is 19.1 Å². The third-order valence-corrected chi connectivity index (χ3v) is 6.17. The van der Waals surface area contributed by atoms with Crippen LogP contribution < -0.4 is 5.32 Å². The third kappa shape index (κ3) is 4.96. The Hall–Kier alpha value is -3.13. The highest BCUT2D eigenvalue weighted by molar-refractivity contribution is 7.98. The van der Waals surface area contributed by atoms with Crippen molar-refractivity contribution in [1.29, 1.82) is 0 Å². The molecule has 1 aliphatic rings. The number of rotatable bonds is 6. The summed E-state index contributed by atoms with van der Waals surface area (Å²) in [6.45, 7) is 1.63. The fourth-order valence-corrected chi connectivity index (χ4v) is 4.32. The Morgan fingerprint density at radius 3 is 2.74 bits per heavy atom. The Labute approximate surface area is 185 Å². The van der Waals surface area contributed by atoms with Crippen LogP contribution in [0.3, 0.4) is 0 Å². The van der Waals surface area contributed by atoms with Gasteiger partial charge >= 0.3 is 0 Å². The van der Waals surface area contributed by atoms with Crippen LogP contribution in [0.4, 0.5) is 0 Å². The van der Waals surface area contributed by atoms with Crippen LogP contribution in [0.2, 0.25) is 0 Å². The number of carbonyl (C=O) groups is 2. The van der Waals surface area contributed by atoms with Crippen LogP contribution in [-0.2, 0) is 11.3 Å². The van der Waals surface area contributed by atoms with Crippen molar-refractivity contribution < 1.29 is 9.59 Å². The maximum atomic E-state index is 13.1. The molecule has 0 saturated carbocycles. The summed E-state index contributed by atoms with van der Waals surface area (Å²) in [5.74, 6) is -0.0216. The number of benzene rings is 1. The van der Waals surface area contributed by atoms with Gasteiger partial charge in [0.2, 0.25) is 5.91 Å². The largest absolute Gasteiger partial charge is 0.352 e. The summed E-state index contributed by atoms with van der Waals surface area (Å²) >= 11 is 1.56. The molecule has 0 aliphatic carbocycles. The molecule has 31 heavy (non-hydrogen) atoms. The van der Waals surface area contributed by atoms with E-state index >= 15 is 0 Å². The Balaban J connectivity index is 1.34. The molecule has 0 bridgehead atoms. The second kappa shape index (κ2) is 9.78. The highest BCUT2D eigenvalue weighted by atomic mass is 32.2. The standard InChI is InChI=1S/C23H25N5O2S/c1-31-23-25-10-13-28(23)20-6-2-5-19(14-20)22(30)27-11-7-18(8-12-27)21(29)26-16-17-4-3-9-24-15-17/h2-6,9-10,13-15,18H,7-8,11-12,16H2,1H3,(H,26,29). The van der Waals surface area contributed by atoms with Gasteiger partial charge in [-0.2, -0.15) is 0 Å². The van der Waals surface area contributed by atoms with Crippen LogP contribution in [0.15, 0.2) is 66.3 Å². The lowest BCUT2D eigenvalue weighted by Crippen LogP contribution is -2.43. The molecule has 1 fully saturated rings. The molecule has 0 unspecified atom stereocenters. The number of nitrogens with one attached hydrogen (secondary N) is 1. The molecule has 1 aromatic carbocycles. The van der Waals surface area contributed by atoms with Gasteiger partial charge < -0.3 is 10.2 Å². The Kier molecular flexibility index (Phi) is 6.66. The number of amides is 2. The smallest absolute Gasteiger partial charge is 0.253 e. The molecule has 1 N–H and O–H groups in total. The summed E-state index contributed by atoms with van der Waals surface area (Å²) in [5, 5.41) is 3.86. The lowest BCUT2D eigenvalue weighted by Gasteiger charge is -2.31. The van der Waals surface area contributed by atoms with Gasteiger partial charge in [-0.15, -0.1) is 0 Å². The number of pyridine rings is 1. The molecule has 0 radical (unpaired) electrons. The van der Waals surface area contributed by atoms with Crippen molar-refractivity contribution in [3.63, 3.8) is 0 Å². The van der Waals surface area contributed by atoms with Crippen molar-refractivity contribution in [3.8, 4) is 5.69 Å². The summed E-state index contributed by atoms with van der Waals surface area (Å²) in [6.07, 6.45) is 10.4. The van der Waals surface area contributed by atoms with Gasteiger partial charge in [0.1, 0.15) is 0 Å². The molecule has 7 nitrogen and oxygen atoms in total. The van der Waals surface area contributed by atoms with Crippen molar-refractivity contribution >= 4 is 23.6 Å². The van der Waals surface area contributed by atoms with Gasteiger partial charge in [0, 0.05) is 61.6 Å². The molecule has 160 valence electrons. The maximum Gasteiger partial charge on any atom is 0.253 e. The topological polar surface area (TPSA) is 80.1 Å². The lowest BCUT2D eigenvalue weighted by atomic mass is 9.95. The molecule has 3 aromatic rings. The van der Waals surface area contributed by atoms with E-state index in [-0.39, 0.29) is 17.7 Å². The Bertz CT molecular complexity index is 1040. The number of imidazole rings is 1. The van der Waals surface area contributed by atoms with Gasteiger partial charge in [0.15, 0.2) is 5.16 Å². The van der Waals surface area contributed by atoms with E-state index in [1.807, 2.05) is 58.3 Å². The molecule has 3 heterocycles. The van der Waals surface area contributed by atoms with E-state index < -0.39 is 0 Å². The number of piperidine rings is 1. The fourth-order valence-electron chi connectivity index (χ4n) is 3.79. The molecular formula is C23H25N5O2S. The third-order valence-electron chi connectivity index (χ3n) is 5.50. The average molecular weight is 436 g/mol. The summed E-state index contributed by atoms with van der Waals surface area (Å²) in [6, 6.07) is 11.4.